The summed E-state index contributed by atoms with van der Waals surface area (Å²) in [4.78, 5) is 24.1. The zero-order chi connectivity index (χ0) is 16.5. The van der Waals surface area contributed by atoms with Gasteiger partial charge in [0.1, 0.15) is 0 Å². The summed E-state index contributed by atoms with van der Waals surface area (Å²) in [5.41, 5.74) is 2.41. The number of amides is 2. The van der Waals surface area contributed by atoms with E-state index in [1.54, 1.807) is 31.3 Å². The van der Waals surface area contributed by atoms with Crippen molar-refractivity contribution < 1.29 is 9.59 Å². The van der Waals surface area contributed by atoms with Gasteiger partial charge in [0.05, 0.1) is 5.92 Å². The van der Waals surface area contributed by atoms with Crippen LogP contribution in [0.3, 0.4) is 0 Å². The molecule has 2 N–H and O–H groups in total. The van der Waals surface area contributed by atoms with E-state index in [4.69, 9.17) is 0 Å². The molecule has 1 fully saturated rings. The summed E-state index contributed by atoms with van der Waals surface area (Å²) < 4.78 is 0. The van der Waals surface area contributed by atoms with Gasteiger partial charge >= 0.3 is 0 Å². The molecule has 22 heavy (non-hydrogen) atoms. The van der Waals surface area contributed by atoms with Crippen LogP contribution in [0.25, 0.3) is 0 Å². The van der Waals surface area contributed by atoms with E-state index in [9.17, 15) is 9.59 Å². The van der Waals surface area contributed by atoms with Gasteiger partial charge in [0.25, 0.3) is 5.91 Å². The molecule has 0 aromatic heterocycles. The summed E-state index contributed by atoms with van der Waals surface area (Å²) in [6.07, 6.45) is 2.17. The van der Waals surface area contributed by atoms with E-state index in [-0.39, 0.29) is 29.1 Å². The van der Waals surface area contributed by atoms with Crippen molar-refractivity contribution in [3.63, 3.8) is 0 Å². The maximum absolute atomic E-state index is 12.5. The van der Waals surface area contributed by atoms with Crippen LogP contribution in [0.15, 0.2) is 35.9 Å². The Labute approximate surface area is 132 Å². The molecule has 0 heterocycles. The lowest BCUT2D eigenvalue weighted by molar-refractivity contribution is -0.118. The lowest BCUT2D eigenvalue weighted by Crippen LogP contribution is -2.19. The molecule has 4 heteroatoms. The van der Waals surface area contributed by atoms with Gasteiger partial charge in [-0.15, -0.1) is 0 Å². The van der Waals surface area contributed by atoms with Crippen LogP contribution in [-0.4, -0.2) is 18.9 Å². The van der Waals surface area contributed by atoms with Crippen LogP contribution < -0.4 is 10.6 Å². The van der Waals surface area contributed by atoms with E-state index in [1.165, 1.54) is 5.57 Å². The predicted molar refractivity (Wildman–Crippen MR) is 88.7 cm³/mol. The lowest BCUT2D eigenvalue weighted by Gasteiger charge is -2.08. The molecule has 1 aromatic carbocycles. The molecule has 1 aliphatic rings. The largest absolute Gasteiger partial charge is 0.355 e. The van der Waals surface area contributed by atoms with Crippen molar-refractivity contribution in [1.29, 1.82) is 0 Å². The fourth-order valence-corrected chi connectivity index (χ4v) is 2.95. The zero-order valence-corrected chi connectivity index (χ0v) is 13.9. The maximum atomic E-state index is 12.5. The SMILES string of the molecule is CNC(=O)c1cccc(NC(=O)C2C(C=C(C)C)C2(C)C)c1. The summed E-state index contributed by atoms with van der Waals surface area (Å²) in [6, 6.07) is 6.99. The van der Waals surface area contributed by atoms with E-state index < -0.39 is 0 Å². The third-order valence-electron chi connectivity index (χ3n) is 4.33. The summed E-state index contributed by atoms with van der Waals surface area (Å²) >= 11 is 0. The first-order chi connectivity index (χ1) is 10.3. The second-order valence-electron chi connectivity index (χ2n) is 6.72. The van der Waals surface area contributed by atoms with Gasteiger partial charge < -0.3 is 10.6 Å². The number of hydrogen-bond donors (Lipinski definition) is 2. The Kier molecular flexibility index (Phi) is 4.40. The molecular weight excluding hydrogens is 276 g/mol. The molecule has 0 spiro atoms. The molecule has 1 aromatic rings. The van der Waals surface area contributed by atoms with E-state index in [0.717, 1.165) is 0 Å². The molecule has 0 saturated heterocycles. The average molecular weight is 300 g/mol. The third kappa shape index (κ3) is 3.21. The van der Waals surface area contributed by atoms with Crippen molar-refractivity contribution >= 4 is 17.5 Å². The van der Waals surface area contributed by atoms with Crippen molar-refractivity contribution in [2.45, 2.75) is 27.7 Å². The van der Waals surface area contributed by atoms with E-state index in [2.05, 4.69) is 44.4 Å². The Bertz CT molecular complexity index is 628. The highest BCUT2D eigenvalue weighted by Crippen LogP contribution is 2.59. The van der Waals surface area contributed by atoms with Gasteiger partial charge in [-0.05, 0) is 43.4 Å². The van der Waals surface area contributed by atoms with Gasteiger partial charge in [0.15, 0.2) is 0 Å². The van der Waals surface area contributed by atoms with Gasteiger partial charge in [-0.3, -0.25) is 9.59 Å². The standard InChI is InChI=1S/C18H24N2O2/c1-11(2)9-14-15(18(14,3)4)17(22)20-13-8-6-7-12(10-13)16(21)19-5/h6-10,14-15H,1-5H3,(H,19,21)(H,20,22). The molecule has 118 valence electrons. The highest BCUT2D eigenvalue weighted by Gasteiger charge is 2.60. The minimum absolute atomic E-state index is 0.0141. The first kappa shape index (κ1) is 16.3. The summed E-state index contributed by atoms with van der Waals surface area (Å²) in [5.74, 6) is 0.109. The summed E-state index contributed by atoms with van der Waals surface area (Å²) in [7, 11) is 1.59. The fraction of sp³-hybridized carbons (Fsp3) is 0.444. The molecule has 4 nitrogen and oxygen atoms in total. The molecular formula is C18H24N2O2. The van der Waals surface area contributed by atoms with Crippen molar-refractivity contribution in [2.24, 2.45) is 17.3 Å². The zero-order valence-electron chi connectivity index (χ0n) is 13.9. The number of hydrogen-bond acceptors (Lipinski definition) is 2. The van der Waals surface area contributed by atoms with Crippen LogP contribution in [0.2, 0.25) is 0 Å². The molecule has 2 amide bonds. The van der Waals surface area contributed by atoms with Crippen molar-refractivity contribution in [1.82, 2.24) is 5.32 Å². The number of allylic oxidation sites excluding steroid dienone is 2. The Morgan fingerprint density at radius 3 is 2.50 bits per heavy atom. The first-order valence-corrected chi connectivity index (χ1v) is 7.55. The molecule has 1 aliphatic carbocycles. The van der Waals surface area contributed by atoms with Crippen LogP contribution in [0.1, 0.15) is 38.1 Å². The number of carbonyl (C=O) groups excluding carboxylic acids is 2. The highest BCUT2D eigenvalue weighted by atomic mass is 16.2. The normalized spacial score (nSPS) is 21.7. The maximum Gasteiger partial charge on any atom is 0.251 e. The van der Waals surface area contributed by atoms with Gasteiger partial charge in [-0.25, -0.2) is 0 Å². The van der Waals surface area contributed by atoms with E-state index >= 15 is 0 Å². The topological polar surface area (TPSA) is 58.2 Å². The minimum atomic E-state index is -0.162. The third-order valence-corrected chi connectivity index (χ3v) is 4.33. The van der Waals surface area contributed by atoms with Crippen LogP contribution in [-0.2, 0) is 4.79 Å². The second-order valence-corrected chi connectivity index (χ2v) is 6.72. The number of anilines is 1. The molecule has 2 atom stereocenters. The van der Waals surface area contributed by atoms with Crippen LogP contribution >= 0.6 is 0 Å². The molecule has 0 radical (unpaired) electrons. The Morgan fingerprint density at radius 2 is 1.91 bits per heavy atom. The van der Waals surface area contributed by atoms with Crippen molar-refractivity contribution in [3.05, 3.63) is 41.5 Å². The Balaban J connectivity index is 2.10. The van der Waals surface area contributed by atoms with Crippen LogP contribution in [0, 0.1) is 17.3 Å². The summed E-state index contributed by atoms with van der Waals surface area (Å²) in [5, 5.41) is 5.51. The molecule has 2 rings (SSSR count). The highest BCUT2D eigenvalue weighted by molar-refractivity contribution is 5.98. The number of carbonyl (C=O) groups is 2. The van der Waals surface area contributed by atoms with E-state index in [0.29, 0.717) is 11.3 Å². The molecule has 2 unspecified atom stereocenters. The van der Waals surface area contributed by atoms with Gasteiger partial charge in [0, 0.05) is 18.3 Å². The Hall–Kier alpha value is -2.10. The monoisotopic (exact) mass is 300 g/mol. The molecule has 0 aliphatic heterocycles. The second kappa shape index (κ2) is 5.95. The van der Waals surface area contributed by atoms with Crippen LogP contribution in [0.4, 0.5) is 5.69 Å². The smallest absolute Gasteiger partial charge is 0.251 e. The lowest BCUT2D eigenvalue weighted by atomic mass is 10.1. The predicted octanol–water partition coefficient (Wildman–Crippen LogP) is 3.22. The van der Waals surface area contributed by atoms with Crippen LogP contribution in [0.5, 0.6) is 0 Å². The van der Waals surface area contributed by atoms with Gasteiger partial charge in [-0.2, -0.15) is 0 Å². The van der Waals surface area contributed by atoms with Gasteiger partial charge in [0.2, 0.25) is 5.91 Å². The van der Waals surface area contributed by atoms with E-state index in [1.807, 2.05) is 0 Å². The Morgan fingerprint density at radius 1 is 1.23 bits per heavy atom. The quantitative estimate of drug-likeness (QED) is 0.839. The molecule has 1 saturated carbocycles. The van der Waals surface area contributed by atoms with Crippen molar-refractivity contribution in [3.8, 4) is 0 Å². The average Bonchev–Trinajstić information content (AvgIpc) is 2.98. The van der Waals surface area contributed by atoms with Gasteiger partial charge in [-0.1, -0.05) is 31.6 Å². The number of rotatable bonds is 4. The van der Waals surface area contributed by atoms with Crippen molar-refractivity contribution in [2.75, 3.05) is 12.4 Å². The molecule has 0 bridgehead atoms. The summed E-state index contributed by atoms with van der Waals surface area (Å²) in [6.45, 7) is 8.33. The fourth-order valence-electron chi connectivity index (χ4n) is 2.95. The number of nitrogens with one attached hydrogen (secondary N) is 2. The minimum Gasteiger partial charge on any atom is -0.355 e. The first-order valence-electron chi connectivity index (χ1n) is 7.55. The number of benzene rings is 1.